The molecule has 1 aromatic rings. The summed E-state index contributed by atoms with van der Waals surface area (Å²) in [4.78, 5) is 22.8. The normalized spacial score (nSPS) is 21.0. The molecule has 0 bridgehead atoms. The van der Waals surface area contributed by atoms with Gasteiger partial charge in [0, 0.05) is 18.8 Å². The number of carbonyl (C=O) groups excluding carboxylic acids is 1. The first-order chi connectivity index (χ1) is 10.1. The summed E-state index contributed by atoms with van der Waals surface area (Å²) in [6.07, 6.45) is 2.72. The predicted octanol–water partition coefficient (Wildman–Crippen LogP) is 2.00. The molecule has 3 N–H and O–H groups in total. The third-order valence-electron chi connectivity index (χ3n) is 3.66. The Labute approximate surface area is 123 Å². The van der Waals surface area contributed by atoms with E-state index in [0.717, 1.165) is 19.3 Å². The largest absolute Gasteiger partial charge is 0.481 e. The molecule has 2 unspecified atom stereocenters. The van der Waals surface area contributed by atoms with Crippen LogP contribution in [0, 0.1) is 0 Å². The van der Waals surface area contributed by atoms with Crippen molar-refractivity contribution in [3.8, 4) is 0 Å². The summed E-state index contributed by atoms with van der Waals surface area (Å²) in [5.41, 5.74) is 1.11. The summed E-state index contributed by atoms with van der Waals surface area (Å²) in [7, 11) is 1.68. The molecule has 1 fully saturated rings. The molecule has 6 heteroatoms. The Bertz CT molecular complexity index is 518. The number of carbonyl (C=O) groups is 2. The number of amides is 2. The summed E-state index contributed by atoms with van der Waals surface area (Å²) < 4.78 is 5.27. The molecule has 0 spiro atoms. The van der Waals surface area contributed by atoms with Gasteiger partial charge >= 0.3 is 12.0 Å². The van der Waals surface area contributed by atoms with Gasteiger partial charge in [0.1, 0.15) is 0 Å². The van der Waals surface area contributed by atoms with Crippen molar-refractivity contribution >= 4 is 17.7 Å². The van der Waals surface area contributed by atoms with E-state index in [-0.39, 0.29) is 24.6 Å². The van der Waals surface area contributed by atoms with Crippen LogP contribution in [0.1, 0.15) is 24.8 Å². The zero-order valence-electron chi connectivity index (χ0n) is 12.0. The van der Waals surface area contributed by atoms with E-state index in [9.17, 15) is 9.59 Å². The van der Waals surface area contributed by atoms with Gasteiger partial charge in [-0.15, -0.1) is 0 Å². The van der Waals surface area contributed by atoms with Crippen molar-refractivity contribution < 1.29 is 19.4 Å². The molecule has 0 aliphatic heterocycles. The molecule has 2 atom stereocenters. The van der Waals surface area contributed by atoms with Gasteiger partial charge in [-0.2, -0.15) is 0 Å². The minimum atomic E-state index is -0.927. The highest BCUT2D eigenvalue weighted by Crippen LogP contribution is 2.22. The average molecular weight is 292 g/mol. The number of methoxy groups -OCH3 is 1. The van der Waals surface area contributed by atoms with Gasteiger partial charge in [-0.25, -0.2) is 4.79 Å². The Balaban J connectivity index is 1.92. The Morgan fingerprint density at radius 1 is 1.33 bits per heavy atom. The lowest BCUT2D eigenvalue weighted by molar-refractivity contribution is -0.136. The van der Waals surface area contributed by atoms with Crippen LogP contribution >= 0.6 is 0 Å². The number of benzene rings is 1. The zero-order chi connectivity index (χ0) is 15.2. The Hall–Kier alpha value is -2.08. The average Bonchev–Trinajstić information content (AvgIpc) is 2.88. The maximum atomic E-state index is 12.0. The minimum absolute atomic E-state index is 0.0987. The highest BCUT2D eigenvalue weighted by atomic mass is 16.5. The van der Waals surface area contributed by atoms with Crippen LogP contribution in [0.5, 0.6) is 0 Å². The van der Waals surface area contributed by atoms with Gasteiger partial charge in [-0.1, -0.05) is 18.2 Å². The van der Waals surface area contributed by atoms with Crippen LogP contribution in [-0.4, -0.2) is 36.4 Å². The van der Waals surface area contributed by atoms with Crippen molar-refractivity contribution in [1.82, 2.24) is 5.32 Å². The van der Waals surface area contributed by atoms with Crippen molar-refractivity contribution in [2.75, 3.05) is 12.4 Å². The lowest BCUT2D eigenvalue weighted by atomic mass is 10.1. The van der Waals surface area contributed by atoms with Crippen LogP contribution in [-0.2, 0) is 16.0 Å². The number of nitrogens with one attached hydrogen (secondary N) is 2. The fourth-order valence-electron chi connectivity index (χ4n) is 2.59. The highest BCUT2D eigenvalue weighted by Gasteiger charge is 2.25. The molecule has 1 aliphatic rings. The molecule has 0 heterocycles. The van der Waals surface area contributed by atoms with E-state index >= 15 is 0 Å². The Morgan fingerprint density at radius 3 is 2.76 bits per heavy atom. The van der Waals surface area contributed by atoms with Crippen LogP contribution < -0.4 is 10.6 Å². The molecule has 0 radical (unpaired) electrons. The van der Waals surface area contributed by atoms with Gasteiger partial charge in [0.25, 0.3) is 0 Å². The molecule has 0 aromatic heterocycles. The van der Waals surface area contributed by atoms with Crippen LogP contribution in [0.15, 0.2) is 24.3 Å². The van der Waals surface area contributed by atoms with E-state index in [1.54, 1.807) is 31.4 Å². The monoisotopic (exact) mass is 292 g/mol. The second-order valence-electron chi connectivity index (χ2n) is 5.19. The van der Waals surface area contributed by atoms with Crippen molar-refractivity contribution in [1.29, 1.82) is 0 Å². The molecule has 1 aliphatic carbocycles. The summed E-state index contributed by atoms with van der Waals surface area (Å²) in [5.74, 6) is -0.927. The first kappa shape index (κ1) is 15.3. The van der Waals surface area contributed by atoms with Gasteiger partial charge in [-0.05, 0) is 30.9 Å². The molecule has 1 saturated carbocycles. The number of aliphatic carboxylic acids is 1. The van der Waals surface area contributed by atoms with Crippen molar-refractivity contribution in [3.05, 3.63) is 29.8 Å². The summed E-state index contributed by atoms with van der Waals surface area (Å²) in [6, 6.07) is 6.69. The third-order valence-corrected chi connectivity index (χ3v) is 3.66. The smallest absolute Gasteiger partial charge is 0.319 e. The molecule has 0 saturated heterocycles. The fraction of sp³-hybridized carbons (Fsp3) is 0.467. The Morgan fingerprint density at radius 2 is 2.10 bits per heavy atom. The van der Waals surface area contributed by atoms with E-state index in [0.29, 0.717) is 11.3 Å². The molecule has 6 nitrogen and oxygen atoms in total. The standard InChI is InChI=1S/C15H20N2O4/c1-21-12-7-6-11(9-12)16-15(20)17-13-5-3-2-4-10(13)8-14(18)19/h2-5,11-12H,6-9H2,1H3,(H,18,19)(H2,16,17,20). The molecule has 21 heavy (non-hydrogen) atoms. The number of anilines is 1. The second kappa shape index (κ2) is 7.08. The number of ether oxygens (including phenoxy) is 1. The molecule has 2 amide bonds. The van der Waals surface area contributed by atoms with Crippen molar-refractivity contribution in [2.24, 2.45) is 0 Å². The maximum Gasteiger partial charge on any atom is 0.319 e. The molecule has 1 aromatic carbocycles. The van der Waals surface area contributed by atoms with Crippen LogP contribution in [0.25, 0.3) is 0 Å². The number of hydrogen-bond acceptors (Lipinski definition) is 3. The number of urea groups is 1. The quantitative estimate of drug-likeness (QED) is 0.774. The SMILES string of the molecule is COC1CCC(NC(=O)Nc2ccccc2CC(=O)O)C1. The molecule has 2 rings (SSSR count). The van der Waals surface area contributed by atoms with E-state index in [2.05, 4.69) is 10.6 Å². The topological polar surface area (TPSA) is 87.7 Å². The number of para-hydroxylation sites is 1. The summed E-state index contributed by atoms with van der Waals surface area (Å²) in [5, 5.41) is 14.5. The van der Waals surface area contributed by atoms with Gasteiger partial charge in [0.05, 0.1) is 12.5 Å². The third kappa shape index (κ3) is 4.46. The fourth-order valence-corrected chi connectivity index (χ4v) is 2.59. The number of carboxylic acid groups (broad SMARTS) is 1. The first-order valence-corrected chi connectivity index (χ1v) is 6.98. The maximum absolute atomic E-state index is 12.0. The lowest BCUT2D eigenvalue weighted by Gasteiger charge is -2.15. The van der Waals surface area contributed by atoms with E-state index in [4.69, 9.17) is 9.84 Å². The van der Waals surface area contributed by atoms with Crippen LogP contribution in [0.3, 0.4) is 0 Å². The van der Waals surface area contributed by atoms with Crippen LogP contribution in [0.4, 0.5) is 10.5 Å². The summed E-state index contributed by atoms with van der Waals surface area (Å²) >= 11 is 0. The highest BCUT2D eigenvalue weighted by molar-refractivity contribution is 5.91. The van der Waals surface area contributed by atoms with Gasteiger partial charge in [-0.3, -0.25) is 4.79 Å². The van der Waals surface area contributed by atoms with Gasteiger partial charge in [0.2, 0.25) is 0 Å². The van der Waals surface area contributed by atoms with Crippen LogP contribution in [0.2, 0.25) is 0 Å². The molecular weight excluding hydrogens is 272 g/mol. The first-order valence-electron chi connectivity index (χ1n) is 6.98. The van der Waals surface area contributed by atoms with Crippen molar-refractivity contribution in [3.63, 3.8) is 0 Å². The van der Waals surface area contributed by atoms with Gasteiger partial charge < -0.3 is 20.5 Å². The van der Waals surface area contributed by atoms with E-state index in [1.807, 2.05) is 0 Å². The number of hydrogen-bond donors (Lipinski definition) is 3. The van der Waals surface area contributed by atoms with E-state index in [1.165, 1.54) is 0 Å². The number of carboxylic acids is 1. The molecular formula is C15H20N2O4. The minimum Gasteiger partial charge on any atom is -0.481 e. The van der Waals surface area contributed by atoms with Gasteiger partial charge in [0.15, 0.2) is 0 Å². The lowest BCUT2D eigenvalue weighted by Crippen LogP contribution is -2.37. The predicted molar refractivity (Wildman–Crippen MR) is 78.4 cm³/mol. The number of rotatable bonds is 5. The molecule has 114 valence electrons. The van der Waals surface area contributed by atoms with E-state index < -0.39 is 5.97 Å². The van der Waals surface area contributed by atoms with Crippen molar-refractivity contribution in [2.45, 2.75) is 37.8 Å². The second-order valence-corrected chi connectivity index (χ2v) is 5.19. The summed E-state index contributed by atoms with van der Waals surface area (Å²) in [6.45, 7) is 0. The zero-order valence-corrected chi connectivity index (χ0v) is 12.0. The Kier molecular flexibility index (Phi) is 5.16.